The van der Waals surface area contributed by atoms with E-state index >= 15 is 0 Å². The summed E-state index contributed by atoms with van der Waals surface area (Å²) in [7, 11) is 0. The highest BCUT2D eigenvalue weighted by molar-refractivity contribution is 5.65. The maximum atomic E-state index is 10.9. The van der Waals surface area contributed by atoms with Crippen LogP contribution in [0.25, 0.3) is 0 Å². The molecule has 134 valence electrons. The first-order valence-electron chi connectivity index (χ1n) is 8.94. The molecule has 0 aromatic heterocycles. The molecule has 1 saturated heterocycles. The van der Waals surface area contributed by atoms with E-state index in [1.54, 1.807) is 12.1 Å². The molecule has 3 rings (SSSR count). The third-order valence-corrected chi connectivity index (χ3v) is 5.00. The van der Waals surface area contributed by atoms with Gasteiger partial charge < -0.3 is 19.5 Å². The van der Waals surface area contributed by atoms with Gasteiger partial charge >= 0.3 is 6.09 Å². The van der Waals surface area contributed by atoms with E-state index in [1.807, 2.05) is 12.1 Å². The van der Waals surface area contributed by atoms with Crippen molar-refractivity contribution in [1.82, 2.24) is 4.90 Å². The Hall–Kier alpha value is -2.26. The SMILES string of the molecule is N#Cc1ccc(O[C@H]2CC[C@H](OC3CCN(C(=O)O)CC3)CC2)cc1. The molecule has 25 heavy (non-hydrogen) atoms. The van der Waals surface area contributed by atoms with Crippen LogP contribution < -0.4 is 4.74 Å². The average Bonchev–Trinajstić information content (AvgIpc) is 2.64. The summed E-state index contributed by atoms with van der Waals surface area (Å²) in [5.74, 6) is 0.810. The predicted octanol–water partition coefficient (Wildman–Crippen LogP) is 3.41. The molecule has 1 N–H and O–H groups in total. The molecule has 6 heteroatoms. The minimum atomic E-state index is -0.834. The molecule has 0 atom stereocenters. The Morgan fingerprint density at radius 2 is 1.56 bits per heavy atom. The lowest BCUT2D eigenvalue weighted by Gasteiger charge is -2.35. The fourth-order valence-corrected chi connectivity index (χ4v) is 3.54. The molecule has 1 saturated carbocycles. The summed E-state index contributed by atoms with van der Waals surface area (Å²) in [6, 6.07) is 9.34. The first-order valence-corrected chi connectivity index (χ1v) is 8.94. The number of hydrogen-bond donors (Lipinski definition) is 1. The second kappa shape index (κ2) is 8.21. The Morgan fingerprint density at radius 1 is 1.00 bits per heavy atom. The monoisotopic (exact) mass is 344 g/mol. The van der Waals surface area contributed by atoms with Crippen molar-refractivity contribution >= 4 is 6.09 Å². The molecular formula is C19H24N2O4. The van der Waals surface area contributed by atoms with E-state index in [-0.39, 0.29) is 18.3 Å². The molecule has 1 aromatic carbocycles. The standard InChI is InChI=1S/C19H24N2O4/c20-13-14-1-3-15(4-2-14)24-16-5-7-17(8-6-16)25-18-9-11-21(12-10-18)19(22)23/h1-4,16-18H,5-12H2,(H,22,23)/t16-,17-. The zero-order valence-corrected chi connectivity index (χ0v) is 14.3. The van der Waals surface area contributed by atoms with Crippen LogP contribution in [0.4, 0.5) is 4.79 Å². The van der Waals surface area contributed by atoms with Gasteiger partial charge in [0.05, 0.1) is 29.9 Å². The summed E-state index contributed by atoms with van der Waals surface area (Å²) in [5.41, 5.74) is 0.637. The number of ether oxygens (including phenoxy) is 2. The van der Waals surface area contributed by atoms with Gasteiger partial charge in [-0.2, -0.15) is 5.26 Å². The molecule has 1 amide bonds. The van der Waals surface area contributed by atoms with Gasteiger partial charge in [0.2, 0.25) is 0 Å². The van der Waals surface area contributed by atoms with Crippen LogP contribution in [-0.4, -0.2) is 47.5 Å². The fraction of sp³-hybridized carbons (Fsp3) is 0.579. The van der Waals surface area contributed by atoms with E-state index < -0.39 is 6.09 Å². The number of likely N-dealkylation sites (tertiary alicyclic amines) is 1. The molecule has 2 aliphatic rings. The molecule has 1 aromatic rings. The summed E-state index contributed by atoms with van der Waals surface area (Å²) in [4.78, 5) is 12.4. The molecule has 1 aliphatic heterocycles. The number of amides is 1. The van der Waals surface area contributed by atoms with E-state index in [0.29, 0.717) is 18.7 Å². The summed E-state index contributed by atoms with van der Waals surface area (Å²) in [6.45, 7) is 1.13. The normalized spacial score (nSPS) is 24.5. The van der Waals surface area contributed by atoms with Gasteiger partial charge in [0, 0.05) is 13.1 Å². The van der Waals surface area contributed by atoms with Gasteiger partial charge in [0.1, 0.15) is 5.75 Å². The van der Waals surface area contributed by atoms with Gasteiger partial charge in [0.25, 0.3) is 0 Å². The number of benzene rings is 1. The smallest absolute Gasteiger partial charge is 0.407 e. The lowest BCUT2D eigenvalue weighted by Crippen LogP contribution is -2.41. The van der Waals surface area contributed by atoms with Crippen molar-refractivity contribution in [2.24, 2.45) is 0 Å². The number of hydrogen-bond acceptors (Lipinski definition) is 4. The van der Waals surface area contributed by atoms with Crippen molar-refractivity contribution in [3.63, 3.8) is 0 Å². The quantitative estimate of drug-likeness (QED) is 0.905. The Balaban J connectivity index is 1.38. The van der Waals surface area contributed by atoms with Crippen molar-refractivity contribution in [2.45, 2.75) is 56.8 Å². The molecule has 0 spiro atoms. The van der Waals surface area contributed by atoms with Crippen LogP contribution in [0.15, 0.2) is 24.3 Å². The number of nitriles is 1. The number of carbonyl (C=O) groups is 1. The predicted molar refractivity (Wildman–Crippen MR) is 91.5 cm³/mol. The third-order valence-electron chi connectivity index (χ3n) is 5.00. The molecular weight excluding hydrogens is 320 g/mol. The van der Waals surface area contributed by atoms with E-state index in [9.17, 15) is 4.79 Å². The summed E-state index contributed by atoms with van der Waals surface area (Å²) in [5, 5.41) is 17.8. The van der Waals surface area contributed by atoms with Gasteiger partial charge in [-0.15, -0.1) is 0 Å². The van der Waals surface area contributed by atoms with Crippen molar-refractivity contribution in [3.8, 4) is 11.8 Å². The van der Waals surface area contributed by atoms with E-state index in [2.05, 4.69) is 6.07 Å². The first-order chi connectivity index (χ1) is 12.1. The van der Waals surface area contributed by atoms with Crippen LogP contribution in [0.2, 0.25) is 0 Å². The second-order valence-corrected chi connectivity index (χ2v) is 6.76. The highest BCUT2D eigenvalue weighted by Gasteiger charge is 2.28. The van der Waals surface area contributed by atoms with Crippen molar-refractivity contribution < 1.29 is 19.4 Å². The highest BCUT2D eigenvalue weighted by atomic mass is 16.5. The van der Waals surface area contributed by atoms with E-state index in [4.69, 9.17) is 19.8 Å². The minimum Gasteiger partial charge on any atom is -0.490 e. The number of piperidine rings is 1. The van der Waals surface area contributed by atoms with Gasteiger partial charge in [-0.25, -0.2) is 4.79 Å². The molecule has 6 nitrogen and oxygen atoms in total. The maximum absolute atomic E-state index is 10.9. The topological polar surface area (TPSA) is 82.8 Å². The van der Waals surface area contributed by atoms with E-state index in [1.165, 1.54) is 4.90 Å². The van der Waals surface area contributed by atoms with Crippen molar-refractivity contribution in [3.05, 3.63) is 29.8 Å². The minimum absolute atomic E-state index is 0.177. The third kappa shape index (κ3) is 4.86. The van der Waals surface area contributed by atoms with E-state index in [0.717, 1.165) is 44.3 Å². The maximum Gasteiger partial charge on any atom is 0.407 e. The molecule has 1 aliphatic carbocycles. The molecule has 1 heterocycles. The lowest BCUT2D eigenvalue weighted by molar-refractivity contribution is -0.0641. The van der Waals surface area contributed by atoms with Gasteiger partial charge in [0.15, 0.2) is 0 Å². The van der Waals surface area contributed by atoms with Crippen molar-refractivity contribution in [1.29, 1.82) is 5.26 Å². The zero-order chi connectivity index (χ0) is 17.6. The summed E-state index contributed by atoms with van der Waals surface area (Å²) in [6.07, 6.45) is 5.22. The fourth-order valence-electron chi connectivity index (χ4n) is 3.54. The Bertz CT molecular complexity index is 609. The first kappa shape index (κ1) is 17.6. The van der Waals surface area contributed by atoms with Crippen molar-refractivity contribution in [2.75, 3.05) is 13.1 Å². The Kier molecular flexibility index (Phi) is 5.77. The summed E-state index contributed by atoms with van der Waals surface area (Å²) < 4.78 is 12.2. The Morgan fingerprint density at radius 3 is 2.12 bits per heavy atom. The Labute approximate surface area is 147 Å². The molecule has 0 unspecified atom stereocenters. The molecule has 0 bridgehead atoms. The number of carboxylic acid groups (broad SMARTS) is 1. The summed E-state index contributed by atoms with van der Waals surface area (Å²) >= 11 is 0. The van der Waals surface area contributed by atoms with Crippen LogP contribution in [-0.2, 0) is 4.74 Å². The average molecular weight is 344 g/mol. The van der Waals surface area contributed by atoms with Crippen LogP contribution in [0, 0.1) is 11.3 Å². The lowest BCUT2D eigenvalue weighted by atomic mass is 9.94. The van der Waals surface area contributed by atoms with Crippen LogP contribution in [0.5, 0.6) is 5.75 Å². The van der Waals surface area contributed by atoms with Gasteiger partial charge in [-0.05, 0) is 62.8 Å². The molecule has 0 radical (unpaired) electrons. The van der Waals surface area contributed by atoms with Gasteiger partial charge in [-0.1, -0.05) is 0 Å². The van der Waals surface area contributed by atoms with Crippen LogP contribution >= 0.6 is 0 Å². The van der Waals surface area contributed by atoms with Crippen LogP contribution in [0.3, 0.4) is 0 Å². The van der Waals surface area contributed by atoms with Crippen LogP contribution in [0.1, 0.15) is 44.1 Å². The zero-order valence-electron chi connectivity index (χ0n) is 14.3. The van der Waals surface area contributed by atoms with Gasteiger partial charge in [-0.3, -0.25) is 0 Å². The largest absolute Gasteiger partial charge is 0.490 e. The highest BCUT2D eigenvalue weighted by Crippen LogP contribution is 2.28. The molecule has 2 fully saturated rings. The number of nitrogens with zero attached hydrogens (tertiary/aromatic N) is 2. The second-order valence-electron chi connectivity index (χ2n) is 6.76. The number of rotatable bonds is 4.